The summed E-state index contributed by atoms with van der Waals surface area (Å²) in [6.45, 7) is 0.706. The molecule has 24 heavy (non-hydrogen) atoms. The Labute approximate surface area is 143 Å². The Kier molecular flexibility index (Phi) is 4.77. The van der Waals surface area contributed by atoms with Gasteiger partial charge in [-0.05, 0) is 29.8 Å². The second-order valence-corrected chi connectivity index (χ2v) is 5.60. The van der Waals surface area contributed by atoms with E-state index in [-0.39, 0.29) is 16.7 Å². The number of nitrogen functional groups attached to an aromatic ring is 1. The molecule has 6 nitrogen and oxygen atoms in total. The summed E-state index contributed by atoms with van der Waals surface area (Å²) in [5.74, 6) is 0.657. The summed E-state index contributed by atoms with van der Waals surface area (Å²) in [6, 6.07) is 8.85. The van der Waals surface area contributed by atoms with Crippen molar-refractivity contribution < 1.29 is 9.21 Å². The maximum atomic E-state index is 12.9. The minimum Gasteiger partial charge on any atom is -0.467 e. The van der Waals surface area contributed by atoms with Crippen LogP contribution in [0.25, 0.3) is 0 Å². The first-order chi connectivity index (χ1) is 11.6. The van der Waals surface area contributed by atoms with Crippen molar-refractivity contribution in [2.45, 2.75) is 13.1 Å². The van der Waals surface area contributed by atoms with E-state index in [4.69, 9.17) is 21.8 Å². The average Bonchev–Trinajstić information content (AvgIpc) is 3.10. The molecule has 0 saturated carbocycles. The second kappa shape index (κ2) is 7.14. The smallest absolute Gasteiger partial charge is 0.256 e. The van der Waals surface area contributed by atoms with Gasteiger partial charge in [0.05, 0.1) is 23.4 Å². The van der Waals surface area contributed by atoms with Crippen LogP contribution in [0.5, 0.6) is 0 Å². The van der Waals surface area contributed by atoms with Crippen LogP contribution in [0, 0.1) is 0 Å². The molecule has 0 aliphatic carbocycles. The largest absolute Gasteiger partial charge is 0.467 e. The second-order valence-electron chi connectivity index (χ2n) is 5.19. The quantitative estimate of drug-likeness (QED) is 0.769. The molecule has 3 rings (SSSR count). The number of nitrogens with zero attached hydrogens (tertiary/aromatic N) is 3. The SMILES string of the molecule is Nc1ncc(C(=O)N(Cc2cccnc2)Cc2ccco2)cc1Cl. The zero-order valence-corrected chi connectivity index (χ0v) is 13.5. The molecule has 0 saturated heterocycles. The first-order valence-electron chi connectivity index (χ1n) is 7.25. The first kappa shape index (κ1) is 16.0. The molecular weight excluding hydrogens is 328 g/mol. The topological polar surface area (TPSA) is 85.2 Å². The Hall–Kier alpha value is -2.86. The standard InChI is InChI=1S/C17H15ClN4O2/c18-15-7-13(9-21-16(15)19)17(23)22(11-14-4-2-6-24-14)10-12-3-1-5-20-8-12/h1-9H,10-11H2,(H2,19,21). The summed E-state index contributed by atoms with van der Waals surface area (Å²) < 4.78 is 5.36. The highest BCUT2D eigenvalue weighted by atomic mass is 35.5. The van der Waals surface area contributed by atoms with Crippen LogP contribution >= 0.6 is 11.6 Å². The molecule has 7 heteroatoms. The number of pyridine rings is 2. The normalized spacial score (nSPS) is 10.5. The first-order valence-corrected chi connectivity index (χ1v) is 7.63. The zero-order chi connectivity index (χ0) is 16.9. The summed E-state index contributed by atoms with van der Waals surface area (Å²) in [6.07, 6.45) is 6.40. The number of rotatable bonds is 5. The van der Waals surface area contributed by atoms with Crippen molar-refractivity contribution in [2.75, 3.05) is 5.73 Å². The maximum Gasteiger partial charge on any atom is 0.256 e. The molecule has 0 aromatic carbocycles. The molecular formula is C17H15ClN4O2. The number of carbonyl (C=O) groups excluding carboxylic acids is 1. The summed E-state index contributed by atoms with van der Waals surface area (Å²) in [5.41, 5.74) is 6.88. The van der Waals surface area contributed by atoms with Crippen LogP contribution in [0.15, 0.2) is 59.6 Å². The molecule has 3 aromatic rings. The highest BCUT2D eigenvalue weighted by molar-refractivity contribution is 6.33. The van der Waals surface area contributed by atoms with Crippen molar-refractivity contribution in [2.24, 2.45) is 0 Å². The van der Waals surface area contributed by atoms with E-state index in [1.54, 1.807) is 29.6 Å². The summed E-state index contributed by atoms with van der Waals surface area (Å²) >= 11 is 5.98. The van der Waals surface area contributed by atoms with Crippen molar-refractivity contribution in [3.63, 3.8) is 0 Å². The third-order valence-corrected chi connectivity index (χ3v) is 3.73. The van der Waals surface area contributed by atoms with Crippen LogP contribution in [0.1, 0.15) is 21.7 Å². The van der Waals surface area contributed by atoms with Gasteiger partial charge >= 0.3 is 0 Å². The number of aromatic nitrogens is 2. The lowest BCUT2D eigenvalue weighted by Crippen LogP contribution is -2.30. The molecule has 122 valence electrons. The lowest BCUT2D eigenvalue weighted by atomic mass is 10.2. The molecule has 2 N–H and O–H groups in total. The van der Waals surface area contributed by atoms with Crippen molar-refractivity contribution in [3.05, 3.63) is 77.1 Å². The Morgan fingerprint density at radius 1 is 1.25 bits per heavy atom. The van der Waals surface area contributed by atoms with Crippen LogP contribution in [-0.2, 0) is 13.1 Å². The monoisotopic (exact) mass is 342 g/mol. The van der Waals surface area contributed by atoms with Crippen molar-refractivity contribution in [3.8, 4) is 0 Å². The van der Waals surface area contributed by atoms with Gasteiger partial charge in [0, 0.05) is 25.1 Å². The van der Waals surface area contributed by atoms with Gasteiger partial charge in [0.1, 0.15) is 11.6 Å². The zero-order valence-electron chi connectivity index (χ0n) is 12.7. The molecule has 0 unspecified atom stereocenters. The number of furan rings is 1. The van der Waals surface area contributed by atoms with E-state index in [1.807, 2.05) is 18.2 Å². The van der Waals surface area contributed by atoms with Gasteiger partial charge in [-0.3, -0.25) is 9.78 Å². The Morgan fingerprint density at radius 3 is 2.79 bits per heavy atom. The fourth-order valence-electron chi connectivity index (χ4n) is 2.25. The third-order valence-electron chi connectivity index (χ3n) is 3.43. The van der Waals surface area contributed by atoms with Gasteiger partial charge in [-0.15, -0.1) is 0 Å². The van der Waals surface area contributed by atoms with E-state index in [2.05, 4.69) is 9.97 Å². The number of hydrogen-bond donors (Lipinski definition) is 1. The van der Waals surface area contributed by atoms with Gasteiger partial charge in [-0.2, -0.15) is 0 Å². The average molecular weight is 343 g/mol. The minimum atomic E-state index is -0.218. The molecule has 0 aliphatic heterocycles. The number of anilines is 1. The molecule has 0 radical (unpaired) electrons. The van der Waals surface area contributed by atoms with E-state index in [0.29, 0.717) is 24.4 Å². The number of amides is 1. The van der Waals surface area contributed by atoms with Crippen LogP contribution in [-0.4, -0.2) is 20.8 Å². The highest BCUT2D eigenvalue weighted by Gasteiger charge is 2.19. The predicted octanol–water partition coefficient (Wildman–Crippen LogP) is 3.15. The molecule has 1 amide bonds. The number of carbonyl (C=O) groups is 1. The van der Waals surface area contributed by atoms with Crippen molar-refractivity contribution in [1.82, 2.24) is 14.9 Å². The third kappa shape index (κ3) is 3.72. The van der Waals surface area contributed by atoms with E-state index < -0.39 is 0 Å². The van der Waals surface area contributed by atoms with Crippen LogP contribution in [0.4, 0.5) is 5.82 Å². The Morgan fingerprint density at radius 2 is 2.12 bits per heavy atom. The van der Waals surface area contributed by atoms with Crippen molar-refractivity contribution in [1.29, 1.82) is 0 Å². The summed E-state index contributed by atoms with van der Waals surface area (Å²) in [7, 11) is 0. The van der Waals surface area contributed by atoms with Crippen molar-refractivity contribution >= 4 is 23.3 Å². The van der Waals surface area contributed by atoms with Gasteiger partial charge in [-0.25, -0.2) is 4.98 Å². The number of halogens is 1. The van der Waals surface area contributed by atoms with Crippen LogP contribution in [0.3, 0.4) is 0 Å². The van der Waals surface area contributed by atoms with Crippen LogP contribution < -0.4 is 5.73 Å². The van der Waals surface area contributed by atoms with E-state index in [1.165, 1.54) is 12.3 Å². The predicted molar refractivity (Wildman–Crippen MR) is 90.2 cm³/mol. The maximum absolute atomic E-state index is 12.9. The lowest BCUT2D eigenvalue weighted by molar-refractivity contribution is 0.0717. The molecule has 0 bridgehead atoms. The van der Waals surface area contributed by atoms with E-state index >= 15 is 0 Å². The number of nitrogens with two attached hydrogens (primary N) is 1. The van der Waals surface area contributed by atoms with E-state index in [0.717, 1.165) is 5.56 Å². The van der Waals surface area contributed by atoms with Gasteiger partial charge < -0.3 is 15.1 Å². The highest BCUT2D eigenvalue weighted by Crippen LogP contribution is 2.20. The fourth-order valence-corrected chi connectivity index (χ4v) is 2.42. The molecule has 3 heterocycles. The van der Waals surface area contributed by atoms with Gasteiger partial charge in [0.15, 0.2) is 0 Å². The molecule has 0 aliphatic rings. The van der Waals surface area contributed by atoms with Gasteiger partial charge in [0.25, 0.3) is 5.91 Å². The summed E-state index contributed by atoms with van der Waals surface area (Å²) in [5, 5.41) is 0.250. The Balaban J connectivity index is 1.87. The summed E-state index contributed by atoms with van der Waals surface area (Å²) in [4.78, 5) is 22.5. The van der Waals surface area contributed by atoms with Gasteiger partial charge in [0.2, 0.25) is 0 Å². The minimum absolute atomic E-state index is 0.193. The number of hydrogen-bond acceptors (Lipinski definition) is 5. The Bertz CT molecular complexity index is 822. The molecule has 0 atom stereocenters. The lowest BCUT2D eigenvalue weighted by Gasteiger charge is -2.22. The van der Waals surface area contributed by atoms with Crippen LogP contribution in [0.2, 0.25) is 5.02 Å². The molecule has 0 fully saturated rings. The molecule has 0 spiro atoms. The van der Waals surface area contributed by atoms with E-state index in [9.17, 15) is 4.79 Å². The molecule has 3 aromatic heterocycles. The fraction of sp³-hybridized carbons (Fsp3) is 0.118. The van der Waals surface area contributed by atoms with Gasteiger partial charge in [-0.1, -0.05) is 17.7 Å².